The van der Waals surface area contributed by atoms with Crippen LogP contribution in [0.1, 0.15) is 76.8 Å². The van der Waals surface area contributed by atoms with E-state index in [1.165, 1.54) is 6.33 Å². The number of aromatic amines is 1. The van der Waals surface area contributed by atoms with Gasteiger partial charge in [-0.15, -0.1) is 0 Å². The Morgan fingerprint density at radius 3 is 2.13 bits per heavy atom. The maximum absolute atomic E-state index is 13.2. The van der Waals surface area contributed by atoms with Crippen molar-refractivity contribution in [1.29, 1.82) is 5.26 Å². The third-order valence-corrected chi connectivity index (χ3v) is 20.2. The molecular formula is C50H67N10O7PSSi. The molecule has 3 aromatic carbocycles. The summed E-state index contributed by atoms with van der Waals surface area (Å²) in [4.78, 5) is 44.2. The summed E-state index contributed by atoms with van der Waals surface area (Å²) >= 11 is 6.39. The number of rotatable bonds is 21. The quantitative estimate of drug-likeness (QED) is 0.0138. The van der Waals surface area contributed by atoms with Gasteiger partial charge in [-0.05, 0) is 46.6 Å². The molecule has 7 rings (SSSR count). The van der Waals surface area contributed by atoms with Crippen molar-refractivity contribution in [3.05, 3.63) is 124 Å². The summed E-state index contributed by atoms with van der Waals surface area (Å²) in [6.45, 7) is 11.2. The molecule has 17 nitrogen and oxygen atoms in total. The maximum atomic E-state index is 13.2. The van der Waals surface area contributed by atoms with Crippen molar-refractivity contribution in [2.45, 2.75) is 114 Å². The molecule has 374 valence electrons. The highest BCUT2D eigenvalue weighted by Gasteiger charge is 2.47. The molecule has 2 fully saturated rings. The third kappa shape index (κ3) is 12.4. The largest absolute Gasteiger partial charge is 0.414 e. The number of benzene rings is 3. The van der Waals surface area contributed by atoms with Gasteiger partial charge in [-0.3, -0.25) is 29.8 Å². The molecule has 0 spiro atoms. The number of imidazole rings is 1. The highest BCUT2D eigenvalue weighted by Crippen LogP contribution is 2.49. The molecule has 0 radical (unpaired) electrons. The molecule has 2 aromatic heterocycles. The predicted octanol–water partition coefficient (Wildman–Crippen LogP) is 7.81. The fourth-order valence-corrected chi connectivity index (χ4v) is 11.7. The van der Waals surface area contributed by atoms with Crippen LogP contribution in [0.4, 0.5) is 5.95 Å². The molecule has 2 saturated heterocycles. The highest BCUT2D eigenvalue weighted by molar-refractivity contribution is 8.09. The SMILES string of the molecule is CC(C)C(=O)Nc1nc2c(ncn2C2CC(NP(=S)(OCCC#N)OCC3OC(N=CN(C)C)CC3NC(c3ccccc3)(c3ccccc3)c3ccccc3)C(CO[Si](C)(C)C(C)(C)C)O2)c(=O)[nH]1. The Bertz CT molecular complexity index is 2620. The molecule has 4 heterocycles. The van der Waals surface area contributed by atoms with E-state index in [0.717, 1.165) is 16.7 Å². The number of nitrogens with one attached hydrogen (secondary N) is 4. The molecule has 2 aliphatic rings. The lowest BCUT2D eigenvalue weighted by Gasteiger charge is -2.40. The van der Waals surface area contributed by atoms with Gasteiger partial charge in [0.25, 0.3) is 12.2 Å². The van der Waals surface area contributed by atoms with Crippen LogP contribution in [0.25, 0.3) is 11.2 Å². The van der Waals surface area contributed by atoms with E-state index >= 15 is 0 Å². The number of aromatic nitrogens is 4. The molecule has 4 N–H and O–H groups in total. The van der Waals surface area contributed by atoms with E-state index in [9.17, 15) is 14.9 Å². The number of anilines is 1. The van der Waals surface area contributed by atoms with Gasteiger partial charge in [-0.25, -0.2) is 15.1 Å². The molecular weight excluding hydrogens is 944 g/mol. The Balaban J connectivity index is 1.22. The topological polar surface area (TPSA) is 202 Å². The first-order chi connectivity index (χ1) is 33.3. The summed E-state index contributed by atoms with van der Waals surface area (Å²) in [5, 5.41) is 19.9. The first kappa shape index (κ1) is 52.8. The summed E-state index contributed by atoms with van der Waals surface area (Å²) < 4.78 is 35.3. The number of hydrogen-bond donors (Lipinski definition) is 4. The number of nitriles is 1. The molecule has 20 heteroatoms. The first-order valence-corrected chi connectivity index (χ1v) is 29.3. The second-order valence-electron chi connectivity index (χ2n) is 19.8. The third-order valence-electron chi connectivity index (χ3n) is 13.1. The number of carbonyl (C=O) groups excluding carboxylic acids is 1. The van der Waals surface area contributed by atoms with Gasteiger partial charge in [-0.1, -0.05) is 126 Å². The summed E-state index contributed by atoms with van der Waals surface area (Å²) in [6, 6.07) is 32.5. The van der Waals surface area contributed by atoms with Crippen LogP contribution in [0.3, 0.4) is 0 Å². The molecule has 0 saturated carbocycles. The Kier molecular flexibility index (Phi) is 17.1. The minimum absolute atomic E-state index is 0.00310. The van der Waals surface area contributed by atoms with E-state index in [4.69, 9.17) is 39.7 Å². The zero-order valence-corrected chi connectivity index (χ0v) is 44.2. The van der Waals surface area contributed by atoms with E-state index in [0.29, 0.717) is 12.8 Å². The highest BCUT2D eigenvalue weighted by atomic mass is 32.5. The summed E-state index contributed by atoms with van der Waals surface area (Å²) in [7, 11) is 1.54. The van der Waals surface area contributed by atoms with Crippen molar-refractivity contribution in [3.8, 4) is 6.07 Å². The number of ether oxygens (including phenoxy) is 2. The Morgan fingerprint density at radius 2 is 1.57 bits per heavy atom. The van der Waals surface area contributed by atoms with E-state index in [2.05, 4.69) is 107 Å². The van der Waals surface area contributed by atoms with Crippen molar-refractivity contribution in [3.63, 3.8) is 0 Å². The second kappa shape index (κ2) is 22.6. The zero-order chi connectivity index (χ0) is 50.3. The van der Waals surface area contributed by atoms with E-state index in [1.807, 2.05) is 73.6 Å². The lowest BCUT2D eigenvalue weighted by atomic mass is 9.76. The van der Waals surface area contributed by atoms with E-state index < -0.39 is 56.8 Å². The zero-order valence-electron chi connectivity index (χ0n) is 41.5. The van der Waals surface area contributed by atoms with Crippen LogP contribution < -0.4 is 21.3 Å². The normalized spacial score (nSPS) is 21.8. The smallest absolute Gasteiger partial charge is 0.280 e. The van der Waals surface area contributed by atoms with Crippen LogP contribution in [0.15, 0.2) is 107 Å². The lowest BCUT2D eigenvalue weighted by Crippen LogP contribution is -2.53. The number of aliphatic imine (C=N–C) groups is 1. The number of fused-ring (bicyclic) bond motifs is 1. The van der Waals surface area contributed by atoms with Crippen LogP contribution in [0.5, 0.6) is 0 Å². The molecule has 7 unspecified atom stereocenters. The molecule has 1 amide bonds. The summed E-state index contributed by atoms with van der Waals surface area (Å²) in [6.07, 6.45) is 1.84. The van der Waals surface area contributed by atoms with Crippen molar-refractivity contribution in [1.82, 2.24) is 34.8 Å². The molecule has 2 aliphatic heterocycles. The standard InChI is InChI=1S/C50H67N10O7PSSi/c1-34(2)46(61)55-48-54-45-44(47(62)56-48)53-33-60(45)43-29-39(41(67-43)31-65-70(8,9)49(3,4)5)58-68(69,63-27-19-26-51)64-30-40-38(28-42(66-40)52-32-59(6)7)57-50(35-20-13-10-14-21-35,36-22-15-11-16-23-36)37-24-17-12-18-25-37/h10-18,20-25,32-34,38-43,57H,19,27-31H2,1-9H3,(H,58,69)(H2,54,55,56,61,62). The van der Waals surface area contributed by atoms with Crippen LogP contribution in [0.2, 0.25) is 18.1 Å². The van der Waals surface area contributed by atoms with Crippen LogP contribution >= 0.6 is 6.64 Å². The number of nitrogens with zero attached hydrogens (tertiary/aromatic N) is 6. The van der Waals surface area contributed by atoms with Crippen molar-refractivity contribution < 1.29 is 27.7 Å². The fourth-order valence-electron chi connectivity index (χ4n) is 8.28. The molecule has 7 atom stereocenters. The van der Waals surface area contributed by atoms with Gasteiger partial charge in [0.15, 0.2) is 25.7 Å². The van der Waals surface area contributed by atoms with E-state index in [1.54, 1.807) is 24.8 Å². The first-order valence-electron chi connectivity index (χ1n) is 23.7. The van der Waals surface area contributed by atoms with Gasteiger partial charge in [-0.2, -0.15) is 10.2 Å². The van der Waals surface area contributed by atoms with Gasteiger partial charge in [0.2, 0.25) is 11.9 Å². The van der Waals surface area contributed by atoms with Crippen molar-refractivity contribution >= 4 is 56.1 Å². The maximum Gasteiger partial charge on any atom is 0.280 e. The molecule has 0 bridgehead atoms. The minimum atomic E-state index is -3.47. The molecule has 5 aromatic rings. The van der Waals surface area contributed by atoms with Gasteiger partial charge >= 0.3 is 0 Å². The second-order valence-corrected chi connectivity index (χ2v) is 27.8. The lowest BCUT2D eigenvalue weighted by molar-refractivity contribution is -0.118. The average molecular weight is 1010 g/mol. The van der Waals surface area contributed by atoms with Crippen LogP contribution in [-0.2, 0) is 45.1 Å². The average Bonchev–Trinajstić information content (AvgIpc) is 4.06. The van der Waals surface area contributed by atoms with Crippen molar-refractivity contribution in [2.75, 3.05) is 39.2 Å². The predicted molar refractivity (Wildman–Crippen MR) is 278 cm³/mol. The Labute approximate surface area is 417 Å². The van der Waals surface area contributed by atoms with Crippen molar-refractivity contribution in [2.24, 2.45) is 10.9 Å². The fraction of sp³-hybridized carbons (Fsp3) is 0.480. The number of H-pyrrole nitrogens is 1. The van der Waals surface area contributed by atoms with Gasteiger partial charge in [0.1, 0.15) is 6.23 Å². The molecule has 70 heavy (non-hydrogen) atoms. The monoisotopic (exact) mass is 1010 g/mol. The summed E-state index contributed by atoms with van der Waals surface area (Å²) in [5.74, 6) is -0.642. The molecule has 0 aliphatic carbocycles. The van der Waals surface area contributed by atoms with Crippen LogP contribution in [-0.4, -0.2) is 109 Å². The Hall–Kier alpha value is -4.97. The van der Waals surface area contributed by atoms with Gasteiger partial charge < -0.3 is 27.8 Å². The Morgan fingerprint density at radius 1 is 0.971 bits per heavy atom. The van der Waals surface area contributed by atoms with Crippen LogP contribution in [0, 0.1) is 17.2 Å². The minimum Gasteiger partial charge on any atom is -0.414 e. The summed E-state index contributed by atoms with van der Waals surface area (Å²) in [5.41, 5.74) is 2.14. The number of carbonyl (C=O) groups is 1. The number of amides is 1. The van der Waals surface area contributed by atoms with Gasteiger partial charge in [0, 0.05) is 44.9 Å². The number of hydrogen-bond acceptors (Lipinski definition) is 13. The van der Waals surface area contributed by atoms with Gasteiger partial charge in [0.05, 0.1) is 62.7 Å². The van der Waals surface area contributed by atoms with E-state index in [-0.39, 0.29) is 66.3 Å².